The van der Waals surface area contributed by atoms with E-state index in [4.69, 9.17) is 0 Å². The molecular weight excluding hydrogens is 360 g/mol. The molecule has 2 aliphatic rings. The average molecular weight is 385 g/mol. The number of sulfonamides is 1. The molecule has 0 radical (unpaired) electrons. The number of nitrogens with zero attached hydrogens (tertiary/aromatic N) is 1. The zero-order valence-corrected chi connectivity index (χ0v) is 16.4. The number of amides is 1. The molecule has 2 aromatic carbocycles. The van der Waals surface area contributed by atoms with Gasteiger partial charge in [0.1, 0.15) is 0 Å². The Morgan fingerprint density at radius 1 is 1.15 bits per heavy atom. The summed E-state index contributed by atoms with van der Waals surface area (Å²) >= 11 is 0. The molecule has 1 atom stereocenters. The van der Waals surface area contributed by atoms with Crippen LogP contribution in [0.15, 0.2) is 47.4 Å². The highest BCUT2D eigenvalue weighted by atomic mass is 32.2. The molecule has 0 unspecified atom stereocenters. The van der Waals surface area contributed by atoms with E-state index in [1.54, 1.807) is 30.3 Å². The van der Waals surface area contributed by atoms with Crippen molar-refractivity contribution in [2.75, 3.05) is 9.62 Å². The minimum absolute atomic E-state index is 0.0700. The lowest BCUT2D eigenvalue weighted by atomic mass is 10.1. The summed E-state index contributed by atoms with van der Waals surface area (Å²) in [6.07, 6.45) is 3.52. The number of carbonyl (C=O) groups is 1. The van der Waals surface area contributed by atoms with Crippen LogP contribution >= 0.6 is 0 Å². The molecule has 1 saturated carbocycles. The summed E-state index contributed by atoms with van der Waals surface area (Å²) in [5.41, 5.74) is 3.47. The van der Waals surface area contributed by atoms with Gasteiger partial charge in [0.25, 0.3) is 10.0 Å². The average Bonchev–Trinajstić information content (AvgIpc) is 3.43. The van der Waals surface area contributed by atoms with E-state index < -0.39 is 10.0 Å². The number of nitrogens with one attached hydrogen (secondary N) is 1. The van der Waals surface area contributed by atoms with Crippen molar-refractivity contribution in [2.45, 2.75) is 50.5 Å². The van der Waals surface area contributed by atoms with Crippen molar-refractivity contribution in [1.82, 2.24) is 0 Å². The van der Waals surface area contributed by atoms with E-state index in [1.807, 2.05) is 24.0 Å². The molecule has 0 aromatic heterocycles. The van der Waals surface area contributed by atoms with Crippen LogP contribution in [0.5, 0.6) is 0 Å². The van der Waals surface area contributed by atoms with E-state index in [0.717, 1.165) is 36.1 Å². The van der Waals surface area contributed by atoms with Gasteiger partial charge in [0.05, 0.1) is 4.90 Å². The van der Waals surface area contributed by atoms with Crippen molar-refractivity contribution in [1.29, 1.82) is 0 Å². The predicted octanol–water partition coefficient (Wildman–Crippen LogP) is 3.74. The van der Waals surface area contributed by atoms with Gasteiger partial charge < -0.3 is 4.90 Å². The predicted molar refractivity (Wildman–Crippen MR) is 106 cm³/mol. The third-order valence-corrected chi connectivity index (χ3v) is 6.73. The van der Waals surface area contributed by atoms with E-state index >= 15 is 0 Å². The Morgan fingerprint density at radius 2 is 1.85 bits per heavy atom. The Hall–Kier alpha value is -2.34. The molecule has 0 saturated heterocycles. The summed E-state index contributed by atoms with van der Waals surface area (Å²) in [6.45, 7) is 4.07. The Balaban J connectivity index is 1.59. The highest BCUT2D eigenvalue weighted by Crippen LogP contribution is 2.39. The fraction of sp³-hybridized carbons (Fsp3) is 0.381. The number of carbonyl (C=O) groups excluding carboxylic acids is 1. The number of rotatable bonds is 5. The van der Waals surface area contributed by atoms with Gasteiger partial charge >= 0.3 is 0 Å². The van der Waals surface area contributed by atoms with Crippen LogP contribution < -0.4 is 9.62 Å². The van der Waals surface area contributed by atoms with Gasteiger partial charge in [0.2, 0.25) is 5.91 Å². The normalized spacial score (nSPS) is 19.0. The third kappa shape index (κ3) is 3.46. The van der Waals surface area contributed by atoms with Gasteiger partial charge in [0, 0.05) is 23.3 Å². The van der Waals surface area contributed by atoms with Crippen LogP contribution in [0.4, 0.5) is 11.4 Å². The Kier molecular flexibility index (Phi) is 4.46. The quantitative estimate of drug-likeness (QED) is 0.854. The molecule has 0 spiro atoms. The molecule has 142 valence electrons. The van der Waals surface area contributed by atoms with Crippen LogP contribution in [-0.4, -0.2) is 20.4 Å². The molecule has 1 amide bonds. The van der Waals surface area contributed by atoms with Gasteiger partial charge in [-0.1, -0.05) is 19.1 Å². The summed E-state index contributed by atoms with van der Waals surface area (Å²) in [5.74, 6) is 0.320. The molecule has 0 bridgehead atoms. The first kappa shape index (κ1) is 18.0. The van der Waals surface area contributed by atoms with Gasteiger partial charge in [-0.25, -0.2) is 8.42 Å². The van der Waals surface area contributed by atoms with Gasteiger partial charge in [-0.05, 0) is 74.1 Å². The second kappa shape index (κ2) is 6.68. The van der Waals surface area contributed by atoms with Crippen LogP contribution in [0.3, 0.4) is 0 Å². The molecular formula is C21H24N2O3S. The first-order valence-electron chi connectivity index (χ1n) is 9.47. The van der Waals surface area contributed by atoms with E-state index in [1.165, 1.54) is 0 Å². The van der Waals surface area contributed by atoms with Gasteiger partial charge in [-0.3, -0.25) is 9.52 Å². The van der Waals surface area contributed by atoms with Crippen molar-refractivity contribution < 1.29 is 13.2 Å². The Morgan fingerprint density at radius 3 is 2.48 bits per heavy atom. The molecule has 1 N–H and O–H groups in total. The van der Waals surface area contributed by atoms with Crippen molar-refractivity contribution in [3.05, 3.63) is 53.6 Å². The van der Waals surface area contributed by atoms with Gasteiger partial charge in [-0.15, -0.1) is 0 Å². The molecule has 1 heterocycles. The highest BCUT2D eigenvalue weighted by molar-refractivity contribution is 7.92. The molecule has 6 heteroatoms. The van der Waals surface area contributed by atoms with Gasteiger partial charge in [-0.2, -0.15) is 0 Å². The maximum absolute atomic E-state index is 12.8. The smallest absolute Gasteiger partial charge is 0.261 e. The van der Waals surface area contributed by atoms with E-state index in [2.05, 4.69) is 11.6 Å². The third-order valence-electron chi connectivity index (χ3n) is 5.36. The lowest BCUT2D eigenvalue weighted by molar-refractivity contribution is -0.120. The molecule has 1 fully saturated rings. The summed E-state index contributed by atoms with van der Waals surface area (Å²) in [6, 6.07) is 12.5. The Labute approximate surface area is 160 Å². The number of aryl methyl sites for hydroxylation is 1. The summed E-state index contributed by atoms with van der Waals surface area (Å²) in [4.78, 5) is 14.6. The number of anilines is 2. The van der Waals surface area contributed by atoms with Crippen molar-refractivity contribution >= 4 is 27.3 Å². The molecule has 27 heavy (non-hydrogen) atoms. The zero-order valence-electron chi connectivity index (χ0n) is 15.6. The second-order valence-electron chi connectivity index (χ2n) is 7.48. The second-order valence-corrected chi connectivity index (χ2v) is 9.16. The first-order chi connectivity index (χ1) is 12.9. The summed E-state index contributed by atoms with van der Waals surface area (Å²) < 4.78 is 28.2. The minimum Gasteiger partial charge on any atom is -0.309 e. The lowest BCUT2D eigenvalue weighted by Crippen LogP contribution is -2.36. The topological polar surface area (TPSA) is 66.5 Å². The van der Waals surface area contributed by atoms with E-state index in [0.29, 0.717) is 12.1 Å². The minimum atomic E-state index is -3.67. The van der Waals surface area contributed by atoms with Crippen LogP contribution in [0, 0.1) is 5.92 Å². The standard InChI is InChI=1S/C21H24N2O3S/c1-3-15-4-8-18(9-5-15)22-27(25,26)19-10-11-20-17(13-19)12-14(2)23(20)21(24)16-6-7-16/h4-5,8-11,13-14,16,22H,3,6-7,12H2,1-2H3/t14-/m1/s1. The monoisotopic (exact) mass is 384 g/mol. The van der Waals surface area contributed by atoms with Crippen LogP contribution in [0.1, 0.15) is 37.8 Å². The molecule has 1 aliphatic carbocycles. The first-order valence-corrected chi connectivity index (χ1v) is 10.9. The lowest BCUT2D eigenvalue weighted by Gasteiger charge is -2.22. The number of fused-ring (bicyclic) bond motifs is 1. The van der Waals surface area contributed by atoms with E-state index in [9.17, 15) is 13.2 Å². The SMILES string of the molecule is CCc1ccc(NS(=O)(=O)c2ccc3c(c2)C[C@@H](C)N3C(=O)C2CC2)cc1. The number of hydrogen-bond acceptors (Lipinski definition) is 3. The zero-order chi connectivity index (χ0) is 19.2. The number of benzene rings is 2. The van der Waals surface area contributed by atoms with Crippen LogP contribution in [-0.2, 0) is 27.7 Å². The molecule has 4 rings (SSSR count). The molecule has 5 nitrogen and oxygen atoms in total. The maximum Gasteiger partial charge on any atom is 0.261 e. The molecule has 1 aliphatic heterocycles. The van der Waals surface area contributed by atoms with Crippen molar-refractivity contribution in [2.24, 2.45) is 5.92 Å². The van der Waals surface area contributed by atoms with Crippen LogP contribution in [0.2, 0.25) is 0 Å². The fourth-order valence-electron chi connectivity index (χ4n) is 3.66. The molecule has 2 aromatic rings. The summed E-state index contributed by atoms with van der Waals surface area (Å²) in [5, 5.41) is 0. The van der Waals surface area contributed by atoms with Crippen molar-refractivity contribution in [3.8, 4) is 0 Å². The van der Waals surface area contributed by atoms with Crippen LogP contribution in [0.25, 0.3) is 0 Å². The summed E-state index contributed by atoms with van der Waals surface area (Å²) in [7, 11) is -3.67. The fourth-order valence-corrected chi connectivity index (χ4v) is 4.77. The van der Waals surface area contributed by atoms with Crippen molar-refractivity contribution in [3.63, 3.8) is 0 Å². The van der Waals surface area contributed by atoms with E-state index in [-0.39, 0.29) is 22.8 Å². The highest BCUT2D eigenvalue weighted by Gasteiger charge is 2.39. The van der Waals surface area contributed by atoms with Gasteiger partial charge in [0.15, 0.2) is 0 Å². The Bertz CT molecular complexity index is 979. The largest absolute Gasteiger partial charge is 0.309 e. The number of hydrogen-bond donors (Lipinski definition) is 1. The maximum atomic E-state index is 12.8.